The Balaban J connectivity index is 2.28. The molecule has 1 aliphatic rings. The van der Waals surface area contributed by atoms with Gasteiger partial charge in [-0.15, -0.1) is 0 Å². The molecule has 0 aromatic heterocycles. The summed E-state index contributed by atoms with van der Waals surface area (Å²) in [6.45, 7) is 5.54. The minimum absolute atomic E-state index is 0.514. The minimum Gasteiger partial charge on any atom is -0.496 e. The number of rotatable bonds is 3. The van der Waals surface area contributed by atoms with Gasteiger partial charge < -0.3 is 10.1 Å². The van der Waals surface area contributed by atoms with Crippen molar-refractivity contribution in [3.8, 4) is 5.75 Å². The Kier molecular flexibility index (Phi) is 3.49. The minimum atomic E-state index is 0.514. The monoisotopic (exact) mass is 219 g/mol. The van der Waals surface area contributed by atoms with Crippen molar-refractivity contribution in [2.45, 2.75) is 38.6 Å². The molecule has 1 N–H and O–H groups in total. The Labute approximate surface area is 98.0 Å². The molecule has 1 heterocycles. The summed E-state index contributed by atoms with van der Waals surface area (Å²) in [5.41, 5.74) is 2.66. The second-order valence-electron chi connectivity index (χ2n) is 4.81. The van der Waals surface area contributed by atoms with E-state index in [2.05, 4.69) is 37.4 Å². The largest absolute Gasteiger partial charge is 0.496 e. The maximum absolute atomic E-state index is 5.48. The van der Waals surface area contributed by atoms with Crippen molar-refractivity contribution in [1.82, 2.24) is 5.32 Å². The molecule has 2 rings (SSSR count). The van der Waals surface area contributed by atoms with Crippen LogP contribution in [0.5, 0.6) is 5.75 Å². The van der Waals surface area contributed by atoms with Gasteiger partial charge in [0, 0.05) is 6.04 Å². The van der Waals surface area contributed by atoms with E-state index in [1.54, 1.807) is 7.11 Å². The second kappa shape index (κ2) is 4.88. The zero-order chi connectivity index (χ0) is 11.5. The number of methoxy groups -OCH3 is 1. The van der Waals surface area contributed by atoms with Crippen LogP contribution in [-0.2, 0) is 0 Å². The fourth-order valence-electron chi connectivity index (χ4n) is 2.39. The summed E-state index contributed by atoms with van der Waals surface area (Å²) in [6, 6.07) is 7.16. The SMILES string of the molecule is COc1cc(C2CCCN2)ccc1C(C)C. The standard InChI is InChI=1S/C14H21NO/c1-10(2)12-7-6-11(9-14(12)16-3)13-5-4-8-15-13/h6-7,9-10,13,15H,4-5,8H2,1-3H3. The van der Waals surface area contributed by atoms with E-state index in [0.717, 1.165) is 12.3 Å². The zero-order valence-corrected chi connectivity index (χ0v) is 10.4. The van der Waals surface area contributed by atoms with E-state index in [0.29, 0.717) is 12.0 Å². The fourth-order valence-corrected chi connectivity index (χ4v) is 2.39. The summed E-state index contributed by atoms with van der Waals surface area (Å²) in [7, 11) is 1.76. The highest BCUT2D eigenvalue weighted by Gasteiger charge is 2.18. The fraction of sp³-hybridized carbons (Fsp3) is 0.571. The molecular weight excluding hydrogens is 198 g/mol. The summed E-state index contributed by atoms with van der Waals surface area (Å²) in [5.74, 6) is 1.54. The van der Waals surface area contributed by atoms with Gasteiger partial charge in [-0.2, -0.15) is 0 Å². The van der Waals surface area contributed by atoms with Gasteiger partial charge >= 0.3 is 0 Å². The quantitative estimate of drug-likeness (QED) is 0.842. The predicted octanol–water partition coefficient (Wildman–Crippen LogP) is 3.24. The van der Waals surface area contributed by atoms with Gasteiger partial charge in [0.15, 0.2) is 0 Å². The van der Waals surface area contributed by atoms with Crippen LogP contribution >= 0.6 is 0 Å². The smallest absolute Gasteiger partial charge is 0.122 e. The number of hydrogen-bond acceptors (Lipinski definition) is 2. The summed E-state index contributed by atoms with van der Waals surface area (Å²) >= 11 is 0. The molecule has 1 aromatic rings. The van der Waals surface area contributed by atoms with Crippen LogP contribution in [0, 0.1) is 0 Å². The van der Waals surface area contributed by atoms with E-state index >= 15 is 0 Å². The second-order valence-corrected chi connectivity index (χ2v) is 4.81. The first-order chi connectivity index (χ1) is 7.72. The van der Waals surface area contributed by atoms with Gasteiger partial charge in [-0.1, -0.05) is 26.0 Å². The summed E-state index contributed by atoms with van der Waals surface area (Å²) in [6.07, 6.45) is 2.52. The summed E-state index contributed by atoms with van der Waals surface area (Å²) in [4.78, 5) is 0. The third-order valence-electron chi connectivity index (χ3n) is 3.34. The van der Waals surface area contributed by atoms with Crippen molar-refractivity contribution < 1.29 is 4.74 Å². The van der Waals surface area contributed by atoms with Crippen molar-refractivity contribution in [2.24, 2.45) is 0 Å². The molecule has 0 amide bonds. The van der Waals surface area contributed by atoms with Crippen LogP contribution in [0.15, 0.2) is 18.2 Å². The molecule has 1 aliphatic heterocycles. The van der Waals surface area contributed by atoms with Crippen molar-refractivity contribution in [2.75, 3.05) is 13.7 Å². The molecule has 16 heavy (non-hydrogen) atoms. The van der Waals surface area contributed by atoms with E-state index in [1.807, 2.05) is 0 Å². The van der Waals surface area contributed by atoms with Crippen molar-refractivity contribution >= 4 is 0 Å². The molecule has 2 heteroatoms. The molecule has 0 spiro atoms. The van der Waals surface area contributed by atoms with Crippen LogP contribution in [-0.4, -0.2) is 13.7 Å². The average molecular weight is 219 g/mol. The molecule has 88 valence electrons. The van der Waals surface area contributed by atoms with Crippen molar-refractivity contribution in [3.63, 3.8) is 0 Å². The lowest BCUT2D eigenvalue weighted by atomic mass is 9.97. The molecule has 2 nitrogen and oxygen atoms in total. The highest BCUT2D eigenvalue weighted by molar-refractivity contribution is 5.40. The Morgan fingerprint density at radius 2 is 2.19 bits per heavy atom. The first kappa shape index (κ1) is 11.5. The van der Waals surface area contributed by atoms with Gasteiger partial charge in [-0.3, -0.25) is 0 Å². The molecule has 0 radical (unpaired) electrons. The molecule has 1 atom stereocenters. The number of nitrogens with one attached hydrogen (secondary N) is 1. The van der Waals surface area contributed by atoms with Gasteiger partial charge in [0.1, 0.15) is 5.75 Å². The lowest BCUT2D eigenvalue weighted by Gasteiger charge is -2.16. The summed E-state index contributed by atoms with van der Waals surface area (Å²) in [5, 5.41) is 3.52. The van der Waals surface area contributed by atoms with Crippen LogP contribution in [0.2, 0.25) is 0 Å². The normalized spacial score (nSPS) is 20.4. The van der Waals surface area contributed by atoms with Crippen LogP contribution < -0.4 is 10.1 Å². The van der Waals surface area contributed by atoms with Crippen molar-refractivity contribution in [3.05, 3.63) is 29.3 Å². The third kappa shape index (κ3) is 2.22. The Bertz CT molecular complexity index is 354. The highest BCUT2D eigenvalue weighted by Crippen LogP contribution is 2.31. The molecule has 1 fully saturated rings. The van der Waals surface area contributed by atoms with Gasteiger partial charge in [-0.05, 0) is 42.5 Å². The third-order valence-corrected chi connectivity index (χ3v) is 3.34. The molecule has 1 unspecified atom stereocenters. The molecule has 1 saturated heterocycles. The molecule has 0 bridgehead atoms. The van der Waals surface area contributed by atoms with Gasteiger partial charge in [0.2, 0.25) is 0 Å². The average Bonchev–Trinajstić information content (AvgIpc) is 2.81. The van der Waals surface area contributed by atoms with Crippen molar-refractivity contribution in [1.29, 1.82) is 0 Å². The molecule has 1 aromatic carbocycles. The molecular formula is C14H21NO. The zero-order valence-electron chi connectivity index (χ0n) is 10.4. The maximum atomic E-state index is 5.48. The maximum Gasteiger partial charge on any atom is 0.122 e. The molecule has 0 saturated carbocycles. The van der Waals surface area contributed by atoms with Crippen LogP contribution in [0.3, 0.4) is 0 Å². The Morgan fingerprint density at radius 3 is 2.75 bits per heavy atom. The van der Waals surface area contributed by atoms with E-state index in [1.165, 1.54) is 24.0 Å². The number of hydrogen-bond donors (Lipinski definition) is 1. The Morgan fingerprint density at radius 1 is 1.38 bits per heavy atom. The van der Waals surface area contributed by atoms with E-state index in [9.17, 15) is 0 Å². The van der Waals surface area contributed by atoms with Crippen LogP contribution in [0.4, 0.5) is 0 Å². The van der Waals surface area contributed by atoms with Gasteiger partial charge in [-0.25, -0.2) is 0 Å². The topological polar surface area (TPSA) is 21.3 Å². The first-order valence-electron chi connectivity index (χ1n) is 6.13. The Hall–Kier alpha value is -1.02. The van der Waals surface area contributed by atoms with E-state index in [4.69, 9.17) is 4.74 Å². The lowest BCUT2D eigenvalue weighted by Crippen LogP contribution is -2.13. The number of benzene rings is 1. The summed E-state index contributed by atoms with van der Waals surface area (Å²) < 4.78 is 5.48. The molecule has 0 aliphatic carbocycles. The van der Waals surface area contributed by atoms with Crippen LogP contribution in [0.1, 0.15) is 49.8 Å². The van der Waals surface area contributed by atoms with E-state index in [-0.39, 0.29) is 0 Å². The predicted molar refractivity (Wildman–Crippen MR) is 67.1 cm³/mol. The van der Waals surface area contributed by atoms with Gasteiger partial charge in [0.05, 0.1) is 7.11 Å². The number of ether oxygens (including phenoxy) is 1. The first-order valence-corrected chi connectivity index (χ1v) is 6.13. The van der Waals surface area contributed by atoms with Crippen LogP contribution in [0.25, 0.3) is 0 Å². The highest BCUT2D eigenvalue weighted by atomic mass is 16.5. The van der Waals surface area contributed by atoms with Gasteiger partial charge in [0.25, 0.3) is 0 Å². The lowest BCUT2D eigenvalue weighted by molar-refractivity contribution is 0.406. The van der Waals surface area contributed by atoms with E-state index < -0.39 is 0 Å².